The third-order valence-electron chi connectivity index (χ3n) is 3.81. The Morgan fingerprint density at radius 1 is 1.21 bits per heavy atom. The maximum absolute atomic E-state index is 12.1. The second-order valence-corrected chi connectivity index (χ2v) is 5.23. The number of H-pyrrole nitrogens is 1. The zero-order valence-electron chi connectivity index (χ0n) is 11.0. The molecule has 1 fully saturated rings. The molecule has 1 aliphatic rings. The number of likely N-dealkylation sites (tertiary alicyclic amines) is 1. The highest BCUT2D eigenvalue weighted by Crippen LogP contribution is 2.16. The van der Waals surface area contributed by atoms with Crippen molar-refractivity contribution in [2.24, 2.45) is 5.73 Å². The molecule has 2 heterocycles. The number of nitrogens with two attached hydrogens (primary N) is 1. The normalized spacial score (nSPS) is 16.3. The van der Waals surface area contributed by atoms with Crippen LogP contribution in [0.2, 0.25) is 0 Å². The zero-order valence-corrected chi connectivity index (χ0v) is 11.0. The van der Waals surface area contributed by atoms with Gasteiger partial charge in [0.1, 0.15) is 0 Å². The van der Waals surface area contributed by atoms with Crippen LogP contribution in [0.25, 0.3) is 10.9 Å². The molecule has 1 aromatic carbocycles. The summed E-state index contributed by atoms with van der Waals surface area (Å²) in [4.78, 5) is 17.4. The molecule has 4 heteroatoms. The van der Waals surface area contributed by atoms with Crippen molar-refractivity contribution in [1.82, 2.24) is 9.88 Å². The maximum Gasteiger partial charge on any atom is 0.252 e. The zero-order chi connectivity index (χ0) is 13.2. The number of aromatic amines is 1. The molecule has 2 aromatic rings. The van der Waals surface area contributed by atoms with E-state index in [9.17, 15) is 4.79 Å². The number of pyridine rings is 1. The Morgan fingerprint density at radius 3 is 2.74 bits per heavy atom. The number of aromatic nitrogens is 1. The minimum atomic E-state index is 0.0277. The number of hydrogen-bond acceptors (Lipinski definition) is 3. The van der Waals surface area contributed by atoms with E-state index in [1.54, 1.807) is 0 Å². The van der Waals surface area contributed by atoms with Gasteiger partial charge in [0.2, 0.25) is 0 Å². The van der Waals surface area contributed by atoms with Crippen LogP contribution in [0.5, 0.6) is 0 Å². The first kappa shape index (κ1) is 12.4. The van der Waals surface area contributed by atoms with Crippen molar-refractivity contribution in [1.29, 1.82) is 0 Å². The molecule has 1 saturated heterocycles. The molecule has 19 heavy (non-hydrogen) atoms. The van der Waals surface area contributed by atoms with Crippen molar-refractivity contribution in [2.45, 2.75) is 25.9 Å². The predicted octanol–water partition coefficient (Wildman–Crippen LogP) is 1.58. The average molecular weight is 257 g/mol. The molecule has 0 amide bonds. The van der Waals surface area contributed by atoms with E-state index in [1.165, 1.54) is 12.8 Å². The summed E-state index contributed by atoms with van der Waals surface area (Å²) in [5, 5.41) is 1.07. The summed E-state index contributed by atoms with van der Waals surface area (Å²) in [7, 11) is 0. The van der Waals surface area contributed by atoms with Crippen LogP contribution in [-0.4, -0.2) is 23.0 Å². The van der Waals surface area contributed by atoms with E-state index in [1.807, 2.05) is 18.2 Å². The summed E-state index contributed by atoms with van der Waals surface area (Å²) in [5.74, 6) is 0. The van der Waals surface area contributed by atoms with Crippen LogP contribution in [0.1, 0.15) is 24.0 Å². The van der Waals surface area contributed by atoms with Gasteiger partial charge in [0.05, 0.1) is 0 Å². The fraction of sp³-hybridized carbons (Fsp3) is 0.400. The Balaban J connectivity index is 1.98. The van der Waals surface area contributed by atoms with Crippen LogP contribution in [0.4, 0.5) is 0 Å². The van der Waals surface area contributed by atoms with Gasteiger partial charge < -0.3 is 10.7 Å². The highest BCUT2D eigenvalue weighted by Gasteiger charge is 2.13. The van der Waals surface area contributed by atoms with Crippen molar-refractivity contribution in [3.8, 4) is 0 Å². The number of benzene rings is 1. The molecule has 3 N–H and O–H groups in total. The summed E-state index contributed by atoms with van der Waals surface area (Å²) >= 11 is 0. The number of nitrogens with one attached hydrogen (secondary N) is 1. The summed E-state index contributed by atoms with van der Waals surface area (Å²) in [6.45, 7) is 3.47. The Morgan fingerprint density at radius 2 is 2.00 bits per heavy atom. The fourth-order valence-corrected chi connectivity index (χ4v) is 2.73. The van der Waals surface area contributed by atoms with E-state index in [4.69, 9.17) is 5.73 Å². The molecule has 3 rings (SSSR count). The van der Waals surface area contributed by atoms with Gasteiger partial charge in [0.15, 0.2) is 0 Å². The van der Waals surface area contributed by atoms with Crippen molar-refractivity contribution in [3.63, 3.8) is 0 Å². The van der Waals surface area contributed by atoms with Gasteiger partial charge in [0, 0.05) is 24.2 Å². The standard InChI is InChI=1S/C15H19N3O/c16-9-11-3-4-14-12(7-11)8-13(15(19)17-14)10-18-5-1-2-6-18/h3-4,7-8H,1-2,5-6,9-10,16H2,(H,17,19). The highest BCUT2D eigenvalue weighted by atomic mass is 16.1. The minimum absolute atomic E-state index is 0.0277. The van der Waals surface area contributed by atoms with Gasteiger partial charge >= 0.3 is 0 Å². The van der Waals surface area contributed by atoms with Gasteiger partial charge in [-0.15, -0.1) is 0 Å². The van der Waals surface area contributed by atoms with E-state index >= 15 is 0 Å². The summed E-state index contributed by atoms with van der Waals surface area (Å²) in [6.07, 6.45) is 2.48. The molecular weight excluding hydrogens is 238 g/mol. The molecule has 0 aliphatic carbocycles. The third kappa shape index (κ3) is 2.55. The lowest BCUT2D eigenvalue weighted by Crippen LogP contribution is -2.24. The topological polar surface area (TPSA) is 62.1 Å². The first-order valence-electron chi connectivity index (χ1n) is 6.83. The first-order chi connectivity index (χ1) is 9.26. The molecule has 1 aromatic heterocycles. The Kier molecular flexibility index (Phi) is 3.36. The van der Waals surface area contributed by atoms with Crippen molar-refractivity contribution >= 4 is 10.9 Å². The fourth-order valence-electron chi connectivity index (χ4n) is 2.73. The van der Waals surface area contributed by atoms with E-state index in [0.29, 0.717) is 6.54 Å². The largest absolute Gasteiger partial charge is 0.326 e. The van der Waals surface area contributed by atoms with Crippen LogP contribution in [0.15, 0.2) is 29.1 Å². The number of nitrogens with zero attached hydrogens (tertiary/aromatic N) is 1. The van der Waals surface area contributed by atoms with Crippen LogP contribution in [0.3, 0.4) is 0 Å². The maximum atomic E-state index is 12.1. The minimum Gasteiger partial charge on any atom is -0.326 e. The summed E-state index contributed by atoms with van der Waals surface area (Å²) in [5.41, 5.74) is 8.51. The molecule has 1 aliphatic heterocycles. The van der Waals surface area contributed by atoms with Crippen molar-refractivity contribution in [3.05, 3.63) is 45.7 Å². The predicted molar refractivity (Wildman–Crippen MR) is 77.0 cm³/mol. The van der Waals surface area contributed by atoms with Crippen LogP contribution in [-0.2, 0) is 13.1 Å². The summed E-state index contributed by atoms with van der Waals surface area (Å²) in [6, 6.07) is 7.95. The van der Waals surface area contributed by atoms with E-state index < -0.39 is 0 Å². The number of hydrogen-bond donors (Lipinski definition) is 2. The molecule has 0 radical (unpaired) electrons. The first-order valence-corrected chi connectivity index (χ1v) is 6.83. The van der Waals surface area contributed by atoms with Crippen LogP contribution in [0, 0.1) is 0 Å². The Bertz CT molecular complexity index is 641. The van der Waals surface area contributed by atoms with E-state index in [-0.39, 0.29) is 5.56 Å². The molecular formula is C15H19N3O. The van der Waals surface area contributed by atoms with Crippen LogP contribution >= 0.6 is 0 Å². The van der Waals surface area contributed by atoms with E-state index in [2.05, 4.69) is 16.0 Å². The average Bonchev–Trinajstić information content (AvgIpc) is 2.92. The SMILES string of the molecule is NCc1ccc2[nH]c(=O)c(CN3CCCC3)cc2c1. The quantitative estimate of drug-likeness (QED) is 0.877. The number of rotatable bonds is 3. The molecule has 100 valence electrons. The Hall–Kier alpha value is -1.65. The molecule has 0 spiro atoms. The molecule has 0 saturated carbocycles. The molecule has 0 unspecified atom stereocenters. The van der Waals surface area contributed by atoms with E-state index in [0.717, 1.165) is 41.7 Å². The van der Waals surface area contributed by atoms with Crippen LogP contribution < -0.4 is 11.3 Å². The molecule has 4 nitrogen and oxygen atoms in total. The lowest BCUT2D eigenvalue weighted by atomic mass is 10.1. The van der Waals surface area contributed by atoms with Crippen molar-refractivity contribution in [2.75, 3.05) is 13.1 Å². The monoisotopic (exact) mass is 257 g/mol. The second kappa shape index (κ2) is 5.15. The summed E-state index contributed by atoms with van der Waals surface area (Å²) < 4.78 is 0. The van der Waals surface area contributed by atoms with Crippen molar-refractivity contribution < 1.29 is 0 Å². The van der Waals surface area contributed by atoms with Gasteiger partial charge in [-0.3, -0.25) is 9.69 Å². The number of fused-ring (bicyclic) bond motifs is 1. The Labute approximate surface area is 112 Å². The highest BCUT2D eigenvalue weighted by molar-refractivity contribution is 5.79. The van der Waals surface area contributed by atoms with Gasteiger partial charge in [-0.05, 0) is 55.1 Å². The molecule has 0 bridgehead atoms. The second-order valence-electron chi connectivity index (χ2n) is 5.23. The lowest BCUT2D eigenvalue weighted by Gasteiger charge is -2.14. The molecule has 0 atom stereocenters. The van der Waals surface area contributed by atoms with Gasteiger partial charge in [-0.2, -0.15) is 0 Å². The van der Waals surface area contributed by atoms with Gasteiger partial charge in [-0.1, -0.05) is 6.07 Å². The lowest BCUT2D eigenvalue weighted by molar-refractivity contribution is 0.330. The smallest absolute Gasteiger partial charge is 0.252 e. The third-order valence-corrected chi connectivity index (χ3v) is 3.81. The van der Waals surface area contributed by atoms with Gasteiger partial charge in [0.25, 0.3) is 5.56 Å². The van der Waals surface area contributed by atoms with Gasteiger partial charge in [-0.25, -0.2) is 0 Å².